The van der Waals surface area contributed by atoms with E-state index in [9.17, 15) is 19.5 Å². The number of unbranched alkanes of at least 4 members (excludes halogenated alkanes) is 2. The summed E-state index contributed by atoms with van der Waals surface area (Å²) in [7, 11) is 0. The fraction of sp³-hybridized carbons (Fsp3) is 0.581. The molecule has 6 atom stereocenters. The number of aliphatic hydroxyl groups is 1. The first-order valence-corrected chi connectivity index (χ1v) is 14.2. The highest BCUT2D eigenvalue weighted by Crippen LogP contribution is 2.64. The van der Waals surface area contributed by atoms with E-state index >= 15 is 0 Å². The number of hydrogen-bond acceptors (Lipinski definition) is 5. The third kappa shape index (κ3) is 4.82. The van der Waals surface area contributed by atoms with E-state index < -0.39 is 35.1 Å². The van der Waals surface area contributed by atoms with Crippen LogP contribution < -0.4 is 4.90 Å². The molecule has 1 N–H and O–H groups in total. The number of anilines is 1. The molecule has 0 aromatic heterocycles. The highest BCUT2D eigenvalue weighted by molar-refractivity contribution is 6.03. The lowest BCUT2D eigenvalue weighted by Gasteiger charge is -2.38. The molecule has 4 rings (SSSR count). The van der Waals surface area contributed by atoms with Crippen LogP contribution >= 0.6 is 0 Å². The zero-order valence-corrected chi connectivity index (χ0v) is 23.6. The van der Waals surface area contributed by atoms with Crippen LogP contribution in [0.25, 0.3) is 0 Å². The summed E-state index contributed by atoms with van der Waals surface area (Å²) in [6.07, 6.45) is 7.28. The molecule has 3 amide bonds. The first-order chi connectivity index (χ1) is 18.7. The molecule has 2 bridgehead atoms. The van der Waals surface area contributed by atoms with E-state index in [2.05, 4.69) is 20.1 Å². The van der Waals surface area contributed by atoms with Crippen LogP contribution in [-0.2, 0) is 19.1 Å². The molecule has 3 saturated heterocycles. The standard InChI is InChI=1S/C31H43N3O5/c1-6-9-13-20-32(18-7-2)29(38)26-31-17-16-30(5,39-31)24(25(31)28(37)34(26)22(4)21-35)27(36)33(19-8-3)23-14-11-10-12-15-23/h7-8,10-12,14-15,22,24-26,35H,2-3,6,9,13,16-21H2,1,4-5H3/t22-,24-,25+,26?,30+,31?/m1/s1. The minimum Gasteiger partial charge on any atom is -0.394 e. The first kappa shape index (κ1) is 29.0. The minimum atomic E-state index is -1.13. The van der Waals surface area contributed by atoms with Gasteiger partial charge in [0.05, 0.1) is 30.1 Å². The third-order valence-corrected chi connectivity index (χ3v) is 8.79. The van der Waals surface area contributed by atoms with Crippen molar-refractivity contribution in [2.45, 2.75) is 76.2 Å². The molecule has 8 heteroatoms. The number of carbonyl (C=O) groups excluding carboxylic acids is 3. The van der Waals surface area contributed by atoms with Gasteiger partial charge >= 0.3 is 0 Å². The molecule has 3 heterocycles. The molecule has 1 aromatic rings. The van der Waals surface area contributed by atoms with Crippen LogP contribution in [0.5, 0.6) is 0 Å². The summed E-state index contributed by atoms with van der Waals surface area (Å²) < 4.78 is 6.76. The molecule has 212 valence electrons. The number of amides is 3. The molecular weight excluding hydrogens is 494 g/mol. The molecule has 3 fully saturated rings. The maximum atomic E-state index is 14.3. The van der Waals surface area contributed by atoms with Gasteiger partial charge in [-0.1, -0.05) is 50.1 Å². The number of para-hydroxylation sites is 1. The van der Waals surface area contributed by atoms with Crippen LogP contribution in [0.2, 0.25) is 0 Å². The van der Waals surface area contributed by atoms with E-state index in [0.29, 0.717) is 25.9 Å². The summed E-state index contributed by atoms with van der Waals surface area (Å²) in [5.41, 5.74) is -1.30. The van der Waals surface area contributed by atoms with Gasteiger partial charge in [-0.15, -0.1) is 13.2 Å². The van der Waals surface area contributed by atoms with Crippen molar-refractivity contribution in [1.82, 2.24) is 9.80 Å². The van der Waals surface area contributed by atoms with Crippen molar-refractivity contribution >= 4 is 23.4 Å². The number of hydrogen-bond donors (Lipinski definition) is 1. The Labute approximate surface area is 232 Å². The van der Waals surface area contributed by atoms with Gasteiger partial charge in [0.25, 0.3) is 0 Å². The smallest absolute Gasteiger partial charge is 0.248 e. The maximum Gasteiger partial charge on any atom is 0.248 e. The molecular formula is C31H43N3O5. The summed E-state index contributed by atoms with van der Waals surface area (Å²) in [5, 5.41) is 10.1. The minimum absolute atomic E-state index is 0.203. The Bertz CT molecular complexity index is 1090. The van der Waals surface area contributed by atoms with Crippen LogP contribution in [0, 0.1) is 11.8 Å². The van der Waals surface area contributed by atoms with Crippen molar-refractivity contribution in [3.05, 3.63) is 55.6 Å². The number of nitrogens with zero attached hydrogens (tertiary/aromatic N) is 3. The van der Waals surface area contributed by atoms with Gasteiger partial charge in [0, 0.05) is 25.3 Å². The number of carbonyl (C=O) groups is 3. The second kappa shape index (κ2) is 11.6. The van der Waals surface area contributed by atoms with E-state index in [4.69, 9.17) is 4.74 Å². The third-order valence-electron chi connectivity index (χ3n) is 8.79. The average Bonchev–Trinajstić information content (AvgIpc) is 3.51. The Balaban J connectivity index is 1.77. The number of likely N-dealkylation sites (tertiary alicyclic amines) is 1. The average molecular weight is 538 g/mol. The van der Waals surface area contributed by atoms with E-state index in [0.717, 1.165) is 24.9 Å². The number of benzene rings is 1. The molecule has 3 aliphatic rings. The van der Waals surface area contributed by atoms with Crippen molar-refractivity contribution < 1.29 is 24.2 Å². The number of rotatable bonds is 13. The largest absolute Gasteiger partial charge is 0.394 e. The Morgan fingerprint density at radius 1 is 1.15 bits per heavy atom. The van der Waals surface area contributed by atoms with E-state index in [1.807, 2.05) is 37.3 Å². The van der Waals surface area contributed by atoms with E-state index in [-0.39, 0.29) is 30.9 Å². The van der Waals surface area contributed by atoms with Gasteiger partial charge in [-0.05, 0) is 45.2 Å². The quantitative estimate of drug-likeness (QED) is 0.307. The number of ether oxygens (including phenoxy) is 1. The van der Waals surface area contributed by atoms with E-state index in [1.165, 1.54) is 4.90 Å². The monoisotopic (exact) mass is 537 g/mol. The van der Waals surface area contributed by atoms with Crippen molar-refractivity contribution in [3.8, 4) is 0 Å². The van der Waals surface area contributed by atoms with Gasteiger partial charge in [-0.25, -0.2) is 0 Å². The predicted octanol–water partition coefficient (Wildman–Crippen LogP) is 3.56. The fourth-order valence-electron chi connectivity index (χ4n) is 6.98. The molecule has 3 aliphatic heterocycles. The second-order valence-electron chi connectivity index (χ2n) is 11.4. The lowest BCUT2D eigenvalue weighted by molar-refractivity contribution is -0.154. The van der Waals surface area contributed by atoms with Gasteiger partial charge in [-0.2, -0.15) is 0 Å². The Morgan fingerprint density at radius 2 is 1.85 bits per heavy atom. The van der Waals surface area contributed by atoms with Gasteiger partial charge in [0.2, 0.25) is 17.7 Å². The molecule has 0 aliphatic carbocycles. The molecule has 1 spiro atoms. The van der Waals surface area contributed by atoms with Gasteiger partial charge in [0.15, 0.2) is 0 Å². The fourth-order valence-corrected chi connectivity index (χ4v) is 6.98. The molecule has 0 saturated carbocycles. The predicted molar refractivity (Wildman–Crippen MR) is 151 cm³/mol. The summed E-state index contributed by atoms with van der Waals surface area (Å²) in [6, 6.07) is 7.83. The van der Waals surface area contributed by atoms with Gasteiger partial charge in [-0.3, -0.25) is 14.4 Å². The highest BCUT2D eigenvalue weighted by Gasteiger charge is 2.78. The zero-order chi connectivity index (χ0) is 28.4. The lowest BCUT2D eigenvalue weighted by Crippen LogP contribution is -2.58. The zero-order valence-electron chi connectivity index (χ0n) is 23.6. The van der Waals surface area contributed by atoms with Crippen molar-refractivity contribution in [3.63, 3.8) is 0 Å². The Kier molecular flexibility index (Phi) is 8.66. The normalized spacial score (nSPS) is 29.7. The van der Waals surface area contributed by atoms with Crippen LogP contribution in [0.1, 0.15) is 52.9 Å². The van der Waals surface area contributed by atoms with Crippen molar-refractivity contribution in [1.29, 1.82) is 0 Å². The highest BCUT2D eigenvalue weighted by atomic mass is 16.5. The van der Waals surface area contributed by atoms with Gasteiger partial charge < -0.3 is 24.5 Å². The number of aliphatic hydroxyl groups excluding tert-OH is 1. The van der Waals surface area contributed by atoms with Crippen LogP contribution in [0.3, 0.4) is 0 Å². The Morgan fingerprint density at radius 3 is 2.46 bits per heavy atom. The van der Waals surface area contributed by atoms with Gasteiger partial charge in [0.1, 0.15) is 11.6 Å². The second-order valence-corrected chi connectivity index (χ2v) is 11.4. The molecule has 39 heavy (non-hydrogen) atoms. The van der Waals surface area contributed by atoms with E-state index in [1.54, 1.807) is 28.9 Å². The SMILES string of the molecule is C=CCN(CCCCC)C(=O)C1N([C@H](C)CO)C(=O)[C@@H]2[C@H](C(=O)N(CC=C)c3ccccc3)[C@]3(C)CCC12O3. The molecule has 0 radical (unpaired) electrons. The van der Waals surface area contributed by atoms with Crippen molar-refractivity contribution in [2.75, 3.05) is 31.1 Å². The van der Waals surface area contributed by atoms with Crippen LogP contribution in [0.15, 0.2) is 55.6 Å². The summed E-state index contributed by atoms with van der Waals surface area (Å²) in [4.78, 5) is 47.8. The van der Waals surface area contributed by atoms with Crippen LogP contribution in [0.4, 0.5) is 5.69 Å². The summed E-state index contributed by atoms with van der Waals surface area (Å²) in [5.74, 6) is -2.29. The van der Waals surface area contributed by atoms with Crippen molar-refractivity contribution in [2.24, 2.45) is 11.8 Å². The topological polar surface area (TPSA) is 90.4 Å². The molecule has 8 nitrogen and oxygen atoms in total. The lowest BCUT2D eigenvalue weighted by atomic mass is 9.66. The Hall–Kier alpha value is -2.97. The molecule has 2 unspecified atom stereocenters. The first-order valence-electron chi connectivity index (χ1n) is 14.2. The summed E-state index contributed by atoms with van der Waals surface area (Å²) >= 11 is 0. The van der Waals surface area contributed by atoms with Crippen LogP contribution in [-0.4, -0.2) is 82.2 Å². The molecule has 1 aromatic carbocycles. The maximum absolute atomic E-state index is 14.3. The number of fused-ring (bicyclic) bond motifs is 1. The summed E-state index contributed by atoms with van der Waals surface area (Å²) in [6.45, 7) is 14.3.